The maximum atomic E-state index is 6.05. The van der Waals surface area contributed by atoms with E-state index in [1.165, 1.54) is 5.56 Å². The molecule has 0 aromatic heterocycles. The van der Waals surface area contributed by atoms with Crippen molar-refractivity contribution in [3.8, 4) is 11.5 Å². The standard InChI is InChI=1S/C18H23NO2/c1-3-20-17-11-7-10-16(12-13-19-2)18(17)21-14-15-8-5-4-6-9-15/h4-11,19H,3,12-14H2,1-2H3. The Morgan fingerprint density at radius 2 is 1.76 bits per heavy atom. The van der Waals surface area contributed by atoms with Crippen molar-refractivity contribution >= 4 is 0 Å². The summed E-state index contributed by atoms with van der Waals surface area (Å²) < 4.78 is 11.8. The third-order valence-corrected chi connectivity index (χ3v) is 3.23. The summed E-state index contributed by atoms with van der Waals surface area (Å²) in [5.41, 5.74) is 2.33. The van der Waals surface area contributed by atoms with E-state index in [1.807, 2.05) is 44.3 Å². The van der Waals surface area contributed by atoms with Crippen LogP contribution in [0.4, 0.5) is 0 Å². The summed E-state index contributed by atoms with van der Waals surface area (Å²) in [4.78, 5) is 0. The molecule has 1 N–H and O–H groups in total. The summed E-state index contributed by atoms with van der Waals surface area (Å²) in [6, 6.07) is 16.3. The summed E-state index contributed by atoms with van der Waals surface area (Å²) in [6.07, 6.45) is 0.918. The van der Waals surface area contributed by atoms with E-state index in [9.17, 15) is 0 Å². The van der Waals surface area contributed by atoms with Gasteiger partial charge in [-0.05, 0) is 44.1 Å². The molecule has 112 valence electrons. The van der Waals surface area contributed by atoms with E-state index in [0.29, 0.717) is 13.2 Å². The molecule has 0 radical (unpaired) electrons. The molecular formula is C18H23NO2. The molecule has 0 aliphatic carbocycles. The summed E-state index contributed by atoms with van der Waals surface area (Å²) in [7, 11) is 1.96. The van der Waals surface area contributed by atoms with Gasteiger partial charge in [-0.1, -0.05) is 42.5 Å². The Morgan fingerprint density at radius 3 is 2.48 bits per heavy atom. The van der Waals surface area contributed by atoms with Crippen molar-refractivity contribution in [1.82, 2.24) is 5.32 Å². The van der Waals surface area contributed by atoms with Gasteiger partial charge in [-0.3, -0.25) is 0 Å². The van der Waals surface area contributed by atoms with E-state index in [4.69, 9.17) is 9.47 Å². The first-order valence-corrected chi connectivity index (χ1v) is 7.41. The Balaban J connectivity index is 2.17. The lowest BCUT2D eigenvalue weighted by Crippen LogP contribution is -2.11. The maximum absolute atomic E-state index is 6.05. The van der Waals surface area contributed by atoms with Gasteiger partial charge >= 0.3 is 0 Å². The van der Waals surface area contributed by atoms with Gasteiger partial charge < -0.3 is 14.8 Å². The lowest BCUT2D eigenvalue weighted by atomic mass is 10.1. The largest absolute Gasteiger partial charge is 0.490 e. The van der Waals surface area contributed by atoms with Crippen LogP contribution in [-0.2, 0) is 13.0 Å². The Morgan fingerprint density at radius 1 is 0.952 bits per heavy atom. The molecular weight excluding hydrogens is 262 g/mol. The van der Waals surface area contributed by atoms with E-state index in [0.717, 1.165) is 30.0 Å². The minimum absolute atomic E-state index is 0.553. The topological polar surface area (TPSA) is 30.5 Å². The number of benzene rings is 2. The highest BCUT2D eigenvalue weighted by Crippen LogP contribution is 2.32. The zero-order valence-electron chi connectivity index (χ0n) is 12.8. The number of ether oxygens (including phenoxy) is 2. The van der Waals surface area contributed by atoms with Crippen LogP contribution in [0.15, 0.2) is 48.5 Å². The summed E-state index contributed by atoms with van der Waals surface area (Å²) in [5.74, 6) is 1.68. The molecule has 0 bridgehead atoms. The molecule has 0 saturated heterocycles. The molecule has 0 fully saturated rings. The molecule has 3 heteroatoms. The van der Waals surface area contributed by atoms with Crippen molar-refractivity contribution in [2.75, 3.05) is 20.2 Å². The Hall–Kier alpha value is -2.00. The highest BCUT2D eigenvalue weighted by molar-refractivity contribution is 5.47. The van der Waals surface area contributed by atoms with Gasteiger partial charge in [-0.2, -0.15) is 0 Å². The van der Waals surface area contributed by atoms with Crippen molar-refractivity contribution in [3.05, 3.63) is 59.7 Å². The molecule has 0 unspecified atom stereocenters. The van der Waals surface area contributed by atoms with Crippen molar-refractivity contribution in [1.29, 1.82) is 0 Å². The minimum atomic E-state index is 0.553. The second kappa shape index (κ2) is 8.32. The maximum Gasteiger partial charge on any atom is 0.164 e. The number of hydrogen-bond acceptors (Lipinski definition) is 3. The fourth-order valence-corrected chi connectivity index (χ4v) is 2.18. The Kier molecular flexibility index (Phi) is 6.10. The Bertz CT molecular complexity index is 540. The molecule has 21 heavy (non-hydrogen) atoms. The van der Waals surface area contributed by atoms with Crippen LogP contribution in [0.5, 0.6) is 11.5 Å². The van der Waals surface area contributed by atoms with Gasteiger partial charge in [0.15, 0.2) is 11.5 Å². The van der Waals surface area contributed by atoms with Gasteiger partial charge in [0.1, 0.15) is 6.61 Å². The van der Waals surface area contributed by atoms with Gasteiger partial charge in [0.05, 0.1) is 6.61 Å². The van der Waals surface area contributed by atoms with Gasteiger partial charge in [0.2, 0.25) is 0 Å². The van der Waals surface area contributed by atoms with E-state index in [1.54, 1.807) is 0 Å². The number of likely N-dealkylation sites (N-methyl/N-ethyl adjacent to an activating group) is 1. The predicted molar refractivity (Wildman–Crippen MR) is 86.0 cm³/mol. The molecule has 0 atom stereocenters. The normalized spacial score (nSPS) is 10.4. The number of nitrogens with one attached hydrogen (secondary N) is 1. The van der Waals surface area contributed by atoms with Crippen LogP contribution in [0.25, 0.3) is 0 Å². The molecule has 2 aromatic carbocycles. The van der Waals surface area contributed by atoms with Crippen LogP contribution in [0.3, 0.4) is 0 Å². The second-order valence-corrected chi connectivity index (χ2v) is 4.81. The SMILES string of the molecule is CCOc1cccc(CCNC)c1OCc1ccccc1. The summed E-state index contributed by atoms with van der Waals surface area (Å²) in [6.45, 7) is 4.09. The molecule has 0 saturated carbocycles. The average Bonchev–Trinajstić information content (AvgIpc) is 2.53. The summed E-state index contributed by atoms with van der Waals surface area (Å²) >= 11 is 0. The zero-order chi connectivity index (χ0) is 14.9. The first-order chi connectivity index (χ1) is 10.3. The molecule has 2 aromatic rings. The number of rotatable bonds is 8. The average molecular weight is 285 g/mol. The van der Waals surface area contributed by atoms with E-state index >= 15 is 0 Å². The molecule has 0 aliphatic rings. The van der Waals surface area contributed by atoms with Crippen molar-refractivity contribution in [2.24, 2.45) is 0 Å². The van der Waals surface area contributed by atoms with E-state index in [-0.39, 0.29) is 0 Å². The van der Waals surface area contributed by atoms with Gasteiger partial charge in [0, 0.05) is 0 Å². The quantitative estimate of drug-likeness (QED) is 0.806. The predicted octanol–water partition coefficient (Wildman–Crippen LogP) is 3.43. The lowest BCUT2D eigenvalue weighted by Gasteiger charge is -2.16. The second-order valence-electron chi connectivity index (χ2n) is 4.81. The van der Waals surface area contributed by atoms with Crippen molar-refractivity contribution in [3.63, 3.8) is 0 Å². The van der Waals surface area contributed by atoms with Crippen molar-refractivity contribution < 1.29 is 9.47 Å². The van der Waals surface area contributed by atoms with Gasteiger partial charge in [-0.25, -0.2) is 0 Å². The third-order valence-electron chi connectivity index (χ3n) is 3.23. The highest BCUT2D eigenvalue weighted by Gasteiger charge is 2.11. The van der Waals surface area contributed by atoms with Crippen LogP contribution in [0, 0.1) is 0 Å². The molecule has 2 rings (SSSR count). The lowest BCUT2D eigenvalue weighted by molar-refractivity contribution is 0.266. The molecule has 0 amide bonds. The molecule has 0 heterocycles. The van der Waals surface area contributed by atoms with Gasteiger partial charge in [0.25, 0.3) is 0 Å². The zero-order valence-corrected chi connectivity index (χ0v) is 12.8. The van der Waals surface area contributed by atoms with Crippen molar-refractivity contribution in [2.45, 2.75) is 20.0 Å². The number of para-hydroxylation sites is 1. The number of hydrogen-bond donors (Lipinski definition) is 1. The minimum Gasteiger partial charge on any atom is -0.490 e. The first-order valence-electron chi connectivity index (χ1n) is 7.41. The Labute approximate surface area is 126 Å². The fraction of sp³-hybridized carbons (Fsp3) is 0.333. The molecule has 0 spiro atoms. The van der Waals surface area contributed by atoms with Crippen LogP contribution in [0.1, 0.15) is 18.1 Å². The highest BCUT2D eigenvalue weighted by atomic mass is 16.5. The van der Waals surface area contributed by atoms with E-state index < -0.39 is 0 Å². The molecule has 0 aliphatic heterocycles. The fourth-order valence-electron chi connectivity index (χ4n) is 2.18. The van der Waals surface area contributed by atoms with Crippen LogP contribution >= 0.6 is 0 Å². The third kappa shape index (κ3) is 4.50. The van der Waals surface area contributed by atoms with Gasteiger partial charge in [-0.15, -0.1) is 0 Å². The smallest absolute Gasteiger partial charge is 0.164 e. The van der Waals surface area contributed by atoms with Crippen LogP contribution in [-0.4, -0.2) is 20.2 Å². The monoisotopic (exact) mass is 285 g/mol. The van der Waals surface area contributed by atoms with Crippen LogP contribution < -0.4 is 14.8 Å². The first kappa shape index (κ1) is 15.4. The molecule has 3 nitrogen and oxygen atoms in total. The summed E-state index contributed by atoms with van der Waals surface area (Å²) in [5, 5.41) is 3.17. The van der Waals surface area contributed by atoms with Crippen LogP contribution in [0.2, 0.25) is 0 Å². The van der Waals surface area contributed by atoms with E-state index in [2.05, 4.69) is 23.5 Å².